The Bertz CT molecular complexity index is 730. The third-order valence-corrected chi connectivity index (χ3v) is 3.28. The first-order chi connectivity index (χ1) is 13.5. The molecule has 0 saturated carbocycles. The number of aliphatic carboxylic acids is 2. The van der Waals surface area contributed by atoms with E-state index < -0.39 is 18.0 Å². The number of carboxylic acid groups (broad SMARTS) is 2. The Morgan fingerprint density at radius 1 is 1.14 bits per heavy atom. The van der Waals surface area contributed by atoms with Crippen molar-refractivity contribution in [1.29, 1.82) is 5.26 Å². The lowest BCUT2D eigenvalue weighted by Crippen LogP contribution is -2.35. The van der Waals surface area contributed by atoms with E-state index in [0.717, 1.165) is 0 Å². The number of nitrogens with zero attached hydrogens (tertiary/aromatic N) is 1. The number of para-hydroxylation sites is 1. The molecular weight excluding hydrogens is 382 g/mol. The summed E-state index contributed by atoms with van der Waals surface area (Å²) in [7, 11) is 0. The van der Waals surface area contributed by atoms with E-state index in [1.54, 1.807) is 32.0 Å². The van der Waals surface area contributed by atoms with E-state index >= 15 is 0 Å². The molecule has 1 atom stereocenters. The van der Waals surface area contributed by atoms with Crippen molar-refractivity contribution < 1.29 is 34.4 Å². The monoisotopic (exact) mass is 409 g/mol. The molecule has 1 aromatic rings. The highest BCUT2D eigenvalue weighted by Gasteiger charge is 2.16. The van der Waals surface area contributed by atoms with Gasteiger partial charge in [-0.3, -0.25) is 4.79 Å². The highest BCUT2D eigenvalue weighted by atomic mass is 16.5. The molecule has 0 aliphatic rings. The zero-order chi connectivity index (χ0) is 22.6. The van der Waals surface area contributed by atoms with Gasteiger partial charge in [0.25, 0.3) is 0 Å². The number of hydrogen-bond acceptors (Lipinski definition) is 7. The van der Waals surface area contributed by atoms with Crippen LogP contribution in [0.3, 0.4) is 0 Å². The maximum Gasteiger partial charge on any atom is 0.414 e. The Balaban J connectivity index is 0.00000113. The second-order valence-electron chi connectivity index (χ2n) is 6.58. The lowest BCUT2D eigenvalue weighted by atomic mass is 10.1. The van der Waals surface area contributed by atoms with E-state index in [-0.39, 0.29) is 30.2 Å². The standard InChI is InChI=1S/C17H25N3O3.C2H2O4/c1-11(2)17(22)20-15-7-5-6-13(8-18)16(15)23-10-14(21)9-19-12(3)4;3-1(4)2(5)6/h5-7,11-12,14,19,21H,9-10H2,1-4H3,(H,20,22);(H,3,4)(H,5,6). The van der Waals surface area contributed by atoms with Crippen molar-refractivity contribution in [2.45, 2.75) is 39.8 Å². The van der Waals surface area contributed by atoms with Crippen LogP contribution < -0.4 is 15.4 Å². The first-order valence-corrected chi connectivity index (χ1v) is 8.84. The van der Waals surface area contributed by atoms with Crippen LogP contribution in [-0.2, 0) is 14.4 Å². The number of benzene rings is 1. The average Bonchev–Trinajstić information content (AvgIpc) is 2.65. The molecule has 29 heavy (non-hydrogen) atoms. The van der Waals surface area contributed by atoms with Crippen LogP contribution in [0.1, 0.15) is 33.3 Å². The number of aliphatic hydroxyl groups is 1. The number of carbonyl (C=O) groups excluding carboxylic acids is 1. The van der Waals surface area contributed by atoms with Gasteiger partial charge in [0.1, 0.15) is 18.8 Å². The maximum atomic E-state index is 11.9. The number of nitriles is 1. The van der Waals surface area contributed by atoms with Gasteiger partial charge in [0.15, 0.2) is 5.75 Å². The summed E-state index contributed by atoms with van der Waals surface area (Å²) >= 11 is 0. The quantitative estimate of drug-likeness (QED) is 0.394. The first kappa shape index (κ1) is 25.8. The minimum Gasteiger partial charge on any atom is -0.487 e. The van der Waals surface area contributed by atoms with Gasteiger partial charge in [-0.15, -0.1) is 0 Å². The van der Waals surface area contributed by atoms with Crippen LogP contribution >= 0.6 is 0 Å². The number of carbonyl (C=O) groups is 3. The van der Waals surface area contributed by atoms with Gasteiger partial charge in [-0.05, 0) is 12.1 Å². The molecule has 0 spiro atoms. The lowest BCUT2D eigenvalue weighted by Gasteiger charge is -2.18. The summed E-state index contributed by atoms with van der Waals surface area (Å²) < 4.78 is 5.61. The fourth-order valence-electron chi connectivity index (χ4n) is 1.77. The van der Waals surface area contributed by atoms with Crippen molar-refractivity contribution in [3.8, 4) is 11.8 Å². The molecule has 0 aliphatic heterocycles. The summed E-state index contributed by atoms with van der Waals surface area (Å²) in [6, 6.07) is 7.26. The molecule has 1 unspecified atom stereocenters. The van der Waals surface area contributed by atoms with Gasteiger partial charge in [0, 0.05) is 18.5 Å². The predicted octanol–water partition coefficient (Wildman–Crippen LogP) is 1.05. The summed E-state index contributed by atoms with van der Waals surface area (Å²) in [5, 5.41) is 39.8. The molecule has 10 nitrogen and oxygen atoms in total. The molecule has 0 saturated heterocycles. The van der Waals surface area contributed by atoms with Crippen LogP contribution in [0.15, 0.2) is 18.2 Å². The molecule has 160 valence electrons. The van der Waals surface area contributed by atoms with E-state index in [4.69, 9.17) is 24.5 Å². The molecule has 10 heteroatoms. The van der Waals surface area contributed by atoms with Crippen molar-refractivity contribution in [2.24, 2.45) is 5.92 Å². The molecule has 0 aliphatic carbocycles. The highest BCUT2D eigenvalue weighted by Crippen LogP contribution is 2.29. The molecule has 1 rings (SSSR count). The summed E-state index contributed by atoms with van der Waals surface area (Å²) in [5.41, 5.74) is 0.752. The van der Waals surface area contributed by atoms with Gasteiger partial charge >= 0.3 is 11.9 Å². The smallest absolute Gasteiger partial charge is 0.414 e. The number of aliphatic hydroxyl groups excluding tert-OH is 1. The predicted molar refractivity (Wildman–Crippen MR) is 105 cm³/mol. The van der Waals surface area contributed by atoms with Crippen molar-refractivity contribution >= 4 is 23.5 Å². The van der Waals surface area contributed by atoms with E-state index in [1.165, 1.54) is 0 Å². The second-order valence-corrected chi connectivity index (χ2v) is 6.58. The van der Waals surface area contributed by atoms with Crippen molar-refractivity contribution in [3.63, 3.8) is 0 Å². The maximum absolute atomic E-state index is 11.9. The zero-order valence-corrected chi connectivity index (χ0v) is 16.8. The van der Waals surface area contributed by atoms with Gasteiger partial charge in [0.05, 0.1) is 11.3 Å². The summed E-state index contributed by atoms with van der Waals surface area (Å²) in [6.45, 7) is 7.95. The molecule has 5 N–H and O–H groups in total. The van der Waals surface area contributed by atoms with Crippen LogP contribution in [0.2, 0.25) is 0 Å². The van der Waals surface area contributed by atoms with E-state index in [2.05, 4.69) is 10.6 Å². The third-order valence-electron chi connectivity index (χ3n) is 3.28. The highest BCUT2D eigenvalue weighted by molar-refractivity contribution is 6.27. The topological polar surface area (TPSA) is 169 Å². The van der Waals surface area contributed by atoms with Gasteiger partial charge in [-0.1, -0.05) is 33.8 Å². The third kappa shape index (κ3) is 10.7. The number of ether oxygens (including phenoxy) is 1. The Labute approximate surface area is 169 Å². The van der Waals surface area contributed by atoms with Crippen LogP contribution in [-0.4, -0.2) is 58.5 Å². The van der Waals surface area contributed by atoms with Gasteiger partial charge in [-0.2, -0.15) is 5.26 Å². The Kier molecular flexibility index (Phi) is 11.7. The van der Waals surface area contributed by atoms with E-state index in [9.17, 15) is 15.2 Å². The summed E-state index contributed by atoms with van der Waals surface area (Å²) in [6.07, 6.45) is -0.710. The molecule has 0 heterocycles. The fraction of sp³-hybridized carbons (Fsp3) is 0.474. The summed E-state index contributed by atoms with van der Waals surface area (Å²) in [5.74, 6) is -3.71. The van der Waals surface area contributed by atoms with Crippen LogP contribution in [0.25, 0.3) is 0 Å². The van der Waals surface area contributed by atoms with Crippen LogP contribution in [0, 0.1) is 17.2 Å². The molecule has 1 aromatic carbocycles. The van der Waals surface area contributed by atoms with Gasteiger partial charge in [-0.25, -0.2) is 9.59 Å². The number of carboxylic acids is 2. The fourth-order valence-corrected chi connectivity index (χ4v) is 1.77. The molecule has 0 fully saturated rings. The number of nitrogens with one attached hydrogen (secondary N) is 2. The Morgan fingerprint density at radius 3 is 2.17 bits per heavy atom. The van der Waals surface area contributed by atoms with E-state index in [1.807, 2.05) is 19.9 Å². The van der Waals surface area contributed by atoms with Crippen LogP contribution in [0.5, 0.6) is 5.75 Å². The van der Waals surface area contributed by atoms with Crippen molar-refractivity contribution in [2.75, 3.05) is 18.5 Å². The average molecular weight is 409 g/mol. The number of rotatable bonds is 8. The Hall–Kier alpha value is -3.16. The molecular formula is C19H27N3O7. The van der Waals surface area contributed by atoms with Gasteiger partial charge in [0.2, 0.25) is 5.91 Å². The SMILES string of the molecule is CC(C)NCC(O)COc1c(C#N)cccc1NC(=O)C(C)C.O=C(O)C(=O)O. The van der Waals surface area contributed by atoms with Crippen molar-refractivity contribution in [3.05, 3.63) is 23.8 Å². The minimum atomic E-state index is -1.82. The largest absolute Gasteiger partial charge is 0.487 e. The molecule has 0 aromatic heterocycles. The number of amides is 1. The van der Waals surface area contributed by atoms with Crippen molar-refractivity contribution in [1.82, 2.24) is 5.32 Å². The zero-order valence-electron chi connectivity index (χ0n) is 16.8. The lowest BCUT2D eigenvalue weighted by molar-refractivity contribution is -0.159. The second kappa shape index (κ2) is 13.1. The molecule has 0 bridgehead atoms. The molecule has 1 amide bonds. The number of hydrogen-bond donors (Lipinski definition) is 5. The molecule has 0 radical (unpaired) electrons. The summed E-state index contributed by atoms with van der Waals surface area (Å²) in [4.78, 5) is 30.1. The first-order valence-electron chi connectivity index (χ1n) is 8.84. The van der Waals surface area contributed by atoms with Crippen LogP contribution in [0.4, 0.5) is 5.69 Å². The Morgan fingerprint density at radius 2 is 1.72 bits per heavy atom. The normalized spacial score (nSPS) is 11.1. The van der Waals surface area contributed by atoms with Gasteiger partial charge < -0.3 is 30.7 Å². The van der Waals surface area contributed by atoms with E-state index in [0.29, 0.717) is 17.8 Å². The minimum absolute atomic E-state index is 0.0307. The number of anilines is 1.